The minimum Gasteiger partial charge on any atom is -0.310 e. The zero-order chi connectivity index (χ0) is 15.7. The van der Waals surface area contributed by atoms with E-state index in [1.54, 1.807) is 36.4 Å². The Hall–Kier alpha value is -2.21. The van der Waals surface area contributed by atoms with Crippen molar-refractivity contribution in [2.75, 3.05) is 11.4 Å². The number of urea groups is 1. The molecule has 6 heteroatoms. The highest BCUT2D eigenvalue weighted by Gasteiger charge is 2.36. The van der Waals surface area contributed by atoms with Gasteiger partial charge in [0.2, 0.25) is 0 Å². The Morgan fingerprint density at radius 1 is 1.09 bits per heavy atom. The third kappa shape index (κ3) is 2.87. The quantitative estimate of drug-likeness (QED) is 0.783. The smallest absolute Gasteiger partial charge is 0.310 e. The molecule has 2 aromatic rings. The summed E-state index contributed by atoms with van der Waals surface area (Å²) in [7, 11) is 0. The first-order chi connectivity index (χ1) is 10.5. The van der Waals surface area contributed by atoms with E-state index in [4.69, 9.17) is 0 Å². The minimum atomic E-state index is -0.392. The van der Waals surface area contributed by atoms with Crippen LogP contribution in [-0.4, -0.2) is 23.4 Å². The highest BCUT2D eigenvalue weighted by Crippen LogP contribution is 2.24. The number of hydrogen-bond donors (Lipinski definition) is 0. The van der Waals surface area contributed by atoms with Gasteiger partial charge < -0.3 is 4.90 Å². The van der Waals surface area contributed by atoms with Crippen molar-refractivity contribution in [2.45, 2.75) is 6.54 Å². The average Bonchev–Trinajstić information content (AvgIpc) is 2.75. The molecule has 0 spiro atoms. The maximum Gasteiger partial charge on any atom is 0.332 e. The maximum absolute atomic E-state index is 13.2. The zero-order valence-electron chi connectivity index (χ0n) is 11.5. The summed E-state index contributed by atoms with van der Waals surface area (Å²) in [5.74, 6) is -0.649. The molecule has 0 N–H and O–H groups in total. The fourth-order valence-electron chi connectivity index (χ4n) is 2.37. The molecule has 0 saturated carbocycles. The predicted molar refractivity (Wildman–Crippen MR) is 83.8 cm³/mol. The first-order valence-electron chi connectivity index (χ1n) is 6.66. The Bertz CT molecular complexity index is 733. The number of hydrogen-bond acceptors (Lipinski definition) is 2. The van der Waals surface area contributed by atoms with Gasteiger partial charge in [0.1, 0.15) is 12.4 Å². The molecule has 1 heterocycles. The number of amides is 3. The van der Waals surface area contributed by atoms with E-state index >= 15 is 0 Å². The molecule has 0 bridgehead atoms. The summed E-state index contributed by atoms with van der Waals surface area (Å²) in [6.45, 7) is 0.195. The number of benzene rings is 2. The van der Waals surface area contributed by atoms with Crippen molar-refractivity contribution in [1.29, 1.82) is 0 Å². The molecule has 3 rings (SSSR count). The fraction of sp³-hybridized carbons (Fsp3) is 0.125. The van der Waals surface area contributed by atoms with Gasteiger partial charge in [0, 0.05) is 11.0 Å². The summed E-state index contributed by atoms with van der Waals surface area (Å²) in [5, 5.41) is 0. The van der Waals surface area contributed by atoms with Crippen LogP contribution in [0, 0.1) is 5.82 Å². The highest BCUT2D eigenvalue weighted by molar-refractivity contribution is 9.10. The van der Waals surface area contributed by atoms with Crippen LogP contribution in [0.3, 0.4) is 0 Å². The first-order valence-corrected chi connectivity index (χ1v) is 7.46. The molecule has 1 fully saturated rings. The predicted octanol–water partition coefficient (Wildman–Crippen LogP) is 3.56. The molecule has 0 aliphatic carbocycles. The Kier molecular flexibility index (Phi) is 3.94. The van der Waals surface area contributed by atoms with Gasteiger partial charge in [-0.1, -0.05) is 28.1 Å². The second-order valence-corrected chi connectivity index (χ2v) is 5.89. The molecule has 112 valence electrons. The fourth-order valence-corrected chi connectivity index (χ4v) is 2.64. The normalized spacial score (nSPS) is 14.8. The van der Waals surface area contributed by atoms with Crippen molar-refractivity contribution >= 4 is 33.6 Å². The Morgan fingerprint density at radius 2 is 1.82 bits per heavy atom. The molecule has 4 nitrogen and oxygen atoms in total. The van der Waals surface area contributed by atoms with Gasteiger partial charge in [0.05, 0.1) is 5.69 Å². The number of rotatable bonds is 3. The van der Waals surface area contributed by atoms with Gasteiger partial charge in [-0.05, 0) is 42.0 Å². The van der Waals surface area contributed by atoms with E-state index in [1.807, 2.05) is 0 Å². The van der Waals surface area contributed by atoms with Gasteiger partial charge in [0.25, 0.3) is 5.91 Å². The van der Waals surface area contributed by atoms with E-state index in [1.165, 1.54) is 17.0 Å². The standard InChI is InChI=1S/C16H12BrFN2O2/c17-12-4-6-14(7-5-12)20-15(21)10-19(16(20)22)9-11-2-1-3-13(18)8-11/h1-8H,9-10H2. The molecule has 3 amide bonds. The van der Waals surface area contributed by atoms with E-state index in [0.29, 0.717) is 11.3 Å². The maximum atomic E-state index is 13.2. The van der Waals surface area contributed by atoms with Gasteiger partial charge in [-0.15, -0.1) is 0 Å². The first kappa shape index (κ1) is 14.7. The van der Waals surface area contributed by atoms with Crippen LogP contribution in [0.25, 0.3) is 0 Å². The molecular weight excluding hydrogens is 351 g/mol. The Balaban J connectivity index is 1.81. The molecule has 1 saturated heterocycles. The van der Waals surface area contributed by atoms with Crippen LogP contribution in [0.4, 0.5) is 14.9 Å². The molecule has 0 radical (unpaired) electrons. The monoisotopic (exact) mass is 362 g/mol. The van der Waals surface area contributed by atoms with Crippen molar-refractivity contribution in [3.05, 3.63) is 64.4 Å². The lowest BCUT2D eigenvalue weighted by molar-refractivity contribution is -0.116. The Morgan fingerprint density at radius 3 is 2.50 bits per heavy atom. The second-order valence-electron chi connectivity index (χ2n) is 4.97. The molecule has 22 heavy (non-hydrogen) atoms. The lowest BCUT2D eigenvalue weighted by Gasteiger charge is -2.17. The average molecular weight is 363 g/mol. The summed E-state index contributed by atoms with van der Waals surface area (Å²) in [5.41, 5.74) is 1.18. The van der Waals surface area contributed by atoms with Gasteiger partial charge in [-0.2, -0.15) is 0 Å². The van der Waals surface area contributed by atoms with Crippen molar-refractivity contribution in [3.8, 4) is 0 Å². The van der Waals surface area contributed by atoms with Gasteiger partial charge in [-0.25, -0.2) is 14.1 Å². The van der Waals surface area contributed by atoms with Crippen LogP contribution in [-0.2, 0) is 11.3 Å². The van der Waals surface area contributed by atoms with Gasteiger partial charge in [0.15, 0.2) is 0 Å². The lowest BCUT2D eigenvalue weighted by atomic mass is 10.2. The molecular formula is C16H12BrFN2O2. The van der Waals surface area contributed by atoms with E-state index in [2.05, 4.69) is 15.9 Å². The van der Waals surface area contributed by atoms with E-state index < -0.39 is 6.03 Å². The second kappa shape index (κ2) is 5.88. The highest BCUT2D eigenvalue weighted by atomic mass is 79.9. The number of anilines is 1. The van der Waals surface area contributed by atoms with Crippen LogP contribution in [0.2, 0.25) is 0 Å². The van der Waals surface area contributed by atoms with Gasteiger partial charge >= 0.3 is 6.03 Å². The number of carbonyl (C=O) groups excluding carboxylic acids is 2. The van der Waals surface area contributed by atoms with Gasteiger partial charge in [-0.3, -0.25) is 4.79 Å². The van der Waals surface area contributed by atoms with Crippen LogP contribution >= 0.6 is 15.9 Å². The van der Waals surface area contributed by atoms with Crippen molar-refractivity contribution in [2.24, 2.45) is 0 Å². The molecule has 2 aromatic carbocycles. The number of carbonyl (C=O) groups is 2. The molecule has 0 unspecified atom stereocenters. The summed E-state index contributed by atoms with van der Waals surface area (Å²) < 4.78 is 14.1. The summed E-state index contributed by atoms with van der Waals surface area (Å²) >= 11 is 3.31. The van der Waals surface area contributed by atoms with Crippen LogP contribution < -0.4 is 4.90 Å². The molecule has 0 aromatic heterocycles. The number of nitrogens with zero attached hydrogens (tertiary/aromatic N) is 2. The van der Waals surface area contributed by atoms with Crippen LogP contribution in [0.1, 0.15) is 5.56 Å². The van der Waals surface area contributed by atoms with Crippen molar-refractivity contribution in [3.63, 3.8) is 0 Å². The van der Waals surface area contributed by atoms with E-state index in [9.17, 15) is 14.0 Å². The van der Waals surface area contributed by atoms with E-state index in [-0.39, 0.29) is 24.8 Å². The molecule has 0 atom stereocenters. The topological polar surface area (TPSA) is 40.6 Å². The SMILES string of the molecule is O=C1CN(Cc2cccc(F)c2)C(=O)N1c1ccc(Br)cc1. The molecule has 1 aliphatic heterocycles. The molecule has 1 aliphatic rings. The van der Waals surface area contributed by atoms with Crippen molar-refractivity contribution in [1.82, 2.24) is 4.90 Å². The largest absolute Gasteiger partial charge is 0.332 e. The summed E-state index contributed by atoms with van der Waals surface area (Å²) in [4.78, 5) is 27.1. The third-order valence-electron chi connectivity index (χ3n) is 3.38. The summed E-state index contributed by atoms with van der Waals surface area (Å²) in [6.07, 6.45) is 0. The lowest BCUT2D eigenvalue weighted by Crippen LogP contribution is -2.32. The van der Waals surface area contributed by atoms with Crippen molar-refractivity contribution < 1.29 is 14.0 Å². The van der Waals surface area contributed by atoms with Crippen LogP contribution in [0.15, 0.2) is 53.0 Å². The third-order valence-corrected chi connectivity index (χ3v) is 3.91. The van der Waals surface area contributed by atoms with E-state index in [0.717, 1.165) is 9.37 Å². The number of halogens is 2. The number of imide groups is 1. The summed E-state index contributed by atoms with van der Waals surface area (Å²) in [6, 6.07) is 12.6. The van der Waals surface area contributed by atoms with Crippen LogP contribution in [0.5, 0.6) is 0 Å². The minimum absolute atomic E-state index is 0.00852. The zero-order valence-corrected chi connectivity index (χ0v) is 13.1. The Labute approximate surface area is 135 Å².